The molecule has 1 nitrogen and oxygen atoms in total. The second kappa shape index (κ2) is 4.40. The molecule has 0 heterocycles. The van der Waals surface area contributed by atoms with Crippen LogP contribution in [0.1, 0.15) is 46.5 Å². The highest BCUT2D eigenvalue weighted by atomic mass is 28.3. The average molecular weight is 226 g/mol. The molecule has 0 spiro atoms. The molecule has 1 aliphatic rings. The first-order valence-corrected chi connectivity index (χ1v) is 9.53. The second-order valence-electron chi connectivity index (χ2n) is 6.96. The Labute approximate surface area is 95.7 Å². The first kappa shape index (κ1) is 13.0. The topological polar surface area (TPSA) is 17.1 Å². The molecule has 1 atom stereocenters. The molecule has 0 bridgehead atoms. The van der Waals surface area contributed by atoms with E-state index in [1.165, 1.54) is 18.9 Å². The zero-order valence-electron chi connectivity index (χ0n) is 11.0. The Kier molecular flexibility index (Phi) is 3.80. The quantitative estimate of drug-likeness (QED) is 0.657. The third kappa shape index (κ3) is 3.75. The van der Waals surface area contributed by atoms with Gasteiger partial charge in [0, 0.05) is 12.0 Å². The normalized spacial score (nSPS) is 23.5. The van der Waals surface area contributed by atoms with E-state index in [0.29, 0.717) is 16.7 Å². The summed E-state index contributed by atoms with van der Waals surface area (Å²) < 4.78 is 0. The number of rotatable bonds is 3. The summed E-state index contributed by atoms with van der Waals surface area (Å²) in [6.45, 7) is 11.7. The van der Waals surface area contributed by atoms with E-state index in [4.69, 9.17) is 0 Å². The van der Waals surface area contributed by atoms with E-state index in [-0.39, 0.29) is 0 Å². The molecular weight excluding hydrogens is 200 g/mol. The third-order valence-corrected chi connectivity index (χ3v) is 7.80. The fraction of sp³-hybridized carbons (Fsp3) is 0.923. The van der Waals surface area contributed by atoms with Gasteiger partial charge in [-0.1, -0.05) is 46.3 Å². The van der Waals surface area contributed by atoms with Crippen LogP contribution in [0.15, 0.2) is 0 Å². The highest BCUT2D eigenvalue weighted by molar-refractivity contribution is 6.81. The Balaban J connectivity index is 2.54. The van der Waals surface area contributed by atoms with Gasteiger partial charge in [-0.3, -0.25) is 4.79 Å². The smallest absolute Gasteiger partial charge is 0.133 e. The Morgan fingerprint density at radius 2 is 1.93 bits per heavy atom. The van der Waals surface area contributed by atoms with Gasteiger partial charge in [-0.05, 0) is 18.3 Å². The standard InChI is InChI=1S/C13H26OSi/c1-13(2,3)9-10-15(4,5)12-8-6-7-11(12)14/h12H,6-10H2,1-5H3/t12-/m1/s1. The van der Waals surface area contributed by atoms with Crippen molar-refractivity contribution in [3.8, 4) is 0 Å². The lowest BCUT2D eigenvalue weighted by Gasteiger charge is -2.31. The molecule has 2 heteroatoms. The molecule has 0 saturated heterocycles. The van der Waals surface area contributed by atoms with Crippen molar-refractivity contribution in [3.05, 3.63) is 0 Å². The van der Waals surface area contributed by atoms with Gasteiger partial charge in [0.15, 0.2) is 0 Å². The maximum absolute atomic E-state index is 11.8. The summed E-state index contributed by atoms with van der Waals surface area (Å²) in [6.07, 6.45) is 4.46. The predicted octanol–water partition coefficient (Wildman–Crippen LogP) is 4.25. The summed E-state index contributed by atoms with van der Waals surface area (Å²) in [7, 11) is -1.29. The van der Waals surface area contributed by atoms with Crippen LogP contribution in [0.2, 0.25) is 24.7 Å². The van der Waals surface area contributed by atoms with E-state index in [1.54, 1.807) is 0 Å². The monoisotopic (exact) mass is 226 g/mol. The first-order chi connectivity index (χ1) is 6.72. The Bertz CT molecular complexity index is 237. The minimum absolute atomic E-state index is 0.423. The van der Waals surface area contributed by atoms with Crippen molar-refractivity contribution in [2.45, 2.75) is 71.1 Å². The van der Waals surface area contributed by atoms with Gasteiger partial charge in [0.1, 0.15) is 5.78 Å². The molecule has 1 fully saturated rings. The average Bonchev–Trinajstić information content (AvgIpc) is 2.47. The number of hydrogen-bond acceptors (Lipinski definition) is 1. The zero-order chi connectivity index (χ0) is 11.7. The van der Waals surface area contributed by atoms with Gasteiger partial charge < -0.3 is 0 Å². The van der Waals surface area contributed by atoms with Gasteiger partial charge >= 0.3 is 0 Å². The van der Waals surface area contributed by atoms with Crippen LogP contribution < -0.4 is 0 Å². The molecule has 1 saturated carbocycles. The maximum atomic E-state index is 11.8. The van der Waals surface area contributed by atoms with Gasteiger partial charge in [0.25, 0.3) is 0 Å². The fourth-order valence-corrected chi connectivity index (χ4v) is 6.26. The van der Waals surface area contributed by atoms with E-state index in [2.05, 4.69) is 33.9 Å². The number of Topliss-reactive ketones (excluding diaryl/α,β-unsaturated/α-hetero) is 1. The van der Waals surface area contributed by atoms with Crippen molar-refractivity contribution >= 4 is 13.9 Å². The molecule has 0 unspecified atom stereocenters. The van der Waals surface area contributed by atoms with E-state index in [0.717, 1.165) is 12.8 Å². The lowest BCUT2D eigenvalue weighted by Crippen LogP contribution is -2.35. The van der Waals surface area contributed by atoms with Gasteiger partial charge in [0.05, 0.1) is 8.07 Å². The first-order valence-electron chi connectivity index (χ1n) is 6.25. The molecule has 0 aliphatic heterocycles. The Morgan fingerprint density at radius 1 is 1.33 bits per heavy atom. The third-order valence-electron chi connectivity index (χ3n) is 3.77. The van der Waals surface area contributed by atoms with E-state index < -0.39 is 8.07 Å². The van der Waals surface area contributed by atoms with Gasteiger partial charge in [-0.25, -0.2) is 0 Å². The molecule has 0 amide bonds. The molecule has 1 aliphatic carbocycles. The summed E-state index contributed by atoms with van der Waals surface area (Å²) >= 11 is 0. The van der Waals surface area contributed by atoms with Crippen LogP contribution >= 0.6 is 0 Å². The summed E-state index contributed by atoms with van der Waals surface area (Å²) in [4.78, 5) is 11.8. The molecule has 88 valence electrons. The van der Waals surface area contributed by atoms with Gasteiger partial charge in [-0.2, -0.15) is 0 Å². The molecule has 0 radical (unpaired) electrons. The largest absolute Gasteiger partial charge is 0.300 e. The maximum Gasteiger partial charge on any atom is 0.133 e. The fourth-order valence-electron chi connectivity index (χ4n) is 2.51. The Hall–Kier alpha value is -0.113. The zero-order valence-corrected chi connectivity index (χ0v) is 12.0. The van der Waals surface area contributed by atoms with E-state index in [1.807, 2.05) is 0 Å². The van der Waals surface area contributed by atoms with Gasteiger partial charge in [0.2, 0.25) is 0 Å². The number of carbonyl (C=O) groups excluding carboxylic acids is 1. The molecule has 0 aromatic heterocycles. The number of carbonyl (C=O) groups is 1. The SMILES string of the molecule is CC(C)(C)CC[Si](C)(C)[C@@H]1CCCC1=O. The van der Waals surface area contributed by atoms with Crippen LogP contribution in [0.3, 0.4) is 0 Å². The van der Waals surface area contributed by atoms with Crippen molar-refractivity contribution < 1.29 is 4.79 Å². The number of hydrogen-bond donors (Lipinski definition) is 0. The molecule has 0 aromatic carbocycles. The van der Waals surface area contributed by atoms with Crippen LogP contribution in [0.25, 0.3) is 0 Å². The van der Waals surface area contributed by atoms with E-state index >= 15 is 0 Å². The lowest BCUT2D eigenvalue weighted by molar-refractivity contribution is -0.117. The molecule has 0 N–H and O–H groups in total. The van der Waals surface area contributed by atoms with Crippen molar-refractivity contribution in [2.75, 3.05) is 0 Å². The van der Waals surface area contributed by atoms with Crippen molar-refractivity contribution in [3.63, 3.8) is 0 Å². The number of ketones is 1. The highest BCUT2D eigenvalue weighted by Crippen LogP contribution is 2.40. The van der Waals surface area contributed by atoms with Crippen molar-refractivity contribution in [1.29, 1.82) is 0 Å². The summed E-state index contributed by atoms with van der Waals surface area (Å²) in [5.41, 5.74) is 0.895. The Morgan fingerprint density at radius 3 is 2.33 bits per heavy atom. The van der Waals surface area contributed by atoms with Crippen LogP contribution in [-0.4, -0.2) is 13.9 Å². The minimum Gasteiger partial charge on any atom is -0.300 e. The van der Waals surface area contributed by atoms with Crippen molar-refractivity contribution in [2.24, 2.45) is 5.41 Å². The molecule has 15 heavy (non-hydrogen) atoms. The highest BCUT2D eigenvalue weighted by Gasteiger charge is 2.39. The minimum atomic E-state index is -1.29. The lowest BCUT2D eigenvalue weighted by atomic mass is 9.94. The second-order valence-corrected chi connectivity index (χ2v) is 12.1. The molecule has 1 rings (SSSR count). The predicted molar refractivity (Wildman–Crippen MR) is 69.0 cm³/mol. The van der Waals surface area contributed by atoms with Crippen LogP contribution in [-0.2, 0) is 4.79 Å². The molecule has 0 aromatic rings. The van der Waals surface area contributed by atoms with Crippen LogP contribution in [0.4, 0.5) is 0 Å². The molecular formula is C13H26OSi. The van der Waals surface area contributed by atoms with E-state index in [9.17, 15) is 4.79 Å². The summed E-state index contributed by atoms with van der Waals surface area (Å²) in [5.74, 6) is 0.570. The van der Waals surface area contributed by atoms with Crippen LogP contribution in [0, 0.1) is 5.41 Å². The van der Waals surface area contributed by atoms with Crippen LogP contribution in [0.5, 0.6) is 0 Å². The van der Waals surface area contributed by atoms with Crippen molar-refractivity contribution in [1.82, 2.24) is 0 Å². The van der Waals surface area contributed by atoms with Gasteiger partial charge in [-0.15, -0.1) is 0 Å². The summed E-state index contributed by atoms with van der Waals surface area (Å²) in [6, 6.07) is 1.31. The summed E-state index contributed by atoms with van der Waals surface area (Å²) in [5, 5.41) is 0.